The molecular weight excluding hydrogens is 174 g/mol. The monoisotopic (exact) mass is 183 g/mol. The molecule has 0 atom stereocenters. The van der Waals surface area contributed by atoms with Gasteiger partial charge in [-0.1, -0.05) is 24.3 Å². The number of aliphatic imine (C=N–C) groups is 1. The largest absolute Gasteiger partial charge is 0.289 e. The molecule has 0 amide bonds. The number of ketones is 1. The van der Waals surface area contributed by atoms with E-state index in [2.05, 4.69) is 4.99 Å². The van der Waals surface area contributed by atoms with Gasteiger partial charge in [0.2, 0.25) is 0 Å². The molecule has 0 unspecified atom stereocenters. The smallest absolute Gasteiger partial charge is 0.192 e. The highest BCUT2D eigenvalue weighted by Gasteiger charge is 2.32. The van der Waals surface area contributed by atoms with E-state index in [1.54, 1.807) is 0 Å². The van der Waals surface area contributed by atoms with Crippen LogP contribution in [-0.2, 0) is 0 Å². The lowest BCUT2D eigenvalue weighted by Gasteiger charge is -1.99. The van der Waals surface area contributed by atoms with Crippen molar-refractivity contribution in [2.45, 2.75) is 13.3 Å². The van der Waals surface area contributed by atoms with Gasteiger partial charge < -0.3 is 0 Å². The highest BCUT2D eigenvalue weighted by atomic mass is 16.1. The van der Waals surface area contributed by atoms with E-state index in [1.165, 1.54) is 0 Å². The molecule has 1 aliphatic heterocycles. The summed E-state index contributed by atoms with van der Waals surface area (Å²) in [4.78, 5) is 16.3. The van der Waals surface area contributed by atoms with Crippen LogP contribution in [0.1, 0.15) is 29.3 Å². The minimum atomic E-state index is 0.163. The Morgan fingerprint density at radius 2 is 1.93 bits per heavy atom. The first-order chi connectivity index (χ1) is 6.77. The quantitative estimate of drug-likeness (QED) is 0.607. The van der Waals surface area contributed by atoms with Gasteiger partial charge in [-0.25, -0.2) is 0 Å². The lowest BCUT2D eigenvalue weighted by molar-refractivity contribution is 0.103. The Morgan fingerprint density at radius 1 is 1.21 bits per heavy atom. The van der Waals surface area contributed by atoms with Crippen LogP contribution in [0.2, 0.25) is 0 Å². The molecule has 0 fully saturated rings. The summed E-state index contributed by atoms with van der Waals surface area (Å²) in [5, 5.41) is 0. The van der Waals surface area contributed by atoms with Crippen molar-refractivity contribution in [1.82, 2.24) is 0 Å². The summed E-state index contributed by atoms with van der Waals surface area (Å²) in [7, 11) is 0. The number of hydrogen-bond donors (Lipinski definition) is 0. The van der Waals surface area contributed by atoms with Gasteiger partial charge in [0.25, 0.3) is 0 Å². The van der Waals surface area contributed by atoms with Crippen molar-refractivity contribution in [3.05, 3.63) is 41.0 Å². The van der Waals surface area contributed by atoms with Crippen molar-refractivity contribution in [1.29, 1.82) is 0 Å². The van der Waals surface area contributed by atoms with Crippen molar-refractivity contribution >= 4 is 17.2 Å². The third-order valence-corrected chi connectivity index (χ3v) is 2.72. The molecule has 0 saturated heterocycles. The second-order valence-electron chi connectivity index (χ2n) is 3.73. The molecule has 68 valence electrons. The Bertz CT molecular complexity index is 509. The molecule has 2 nitrogen and oxygen atoms in total. The number of hydrogen-bond acceptors (Lipinski definition) is 2. The first kappa shape index (κ1) is 7.68. The van der Waals surface area contributed by atoms with Gasteiger partial charge in [-0.2, -0.15) is 0 Å². The second kappa shape index (κ2) is 2.41. The summed E-state index contributed by atoms with van der Waals surface area (Å²) in [5.74, 6) is 0.163. The molecule has 1 aromatic carbocycles. The van der Waals surface area contributed by atoms with Crippen LogP contribution in [0.3, 0.4) is 0 Å². The van der Waals surface area contributed by atoms with Gasteiger partial charge >= 0.3 is 0 Å². The molecule has 14 heavy (non-hydrogen) atoms. The van der Waals surface area contributed by atoms with Crippen LogP contribution in [0.15, 0.2) is 34.8 Å². The number of carbonyl (C=O) groups is 1. The fourth-order valence-electron chi connectivity index (χ4n) is 2.10. The van der Waals surface area contributed by atoms with Crippen molar-refractivity contribution in [2.75, 3.05) is 0 Å². The van der Waals surface area contributed by atoms with E-state index < -0.39 is 0 Å². The highest BCUT2D eigenvalue weighted by Crippen LogP contribution is 2.38. The minimum absolute atomic E-state index is 0.163. The van der Waals surface area contributed by atoms with Crippen LogP contribution >= 0.6 is 0 Å². The van der Waals surface area contributed by atoms with E-state index >= 15 is 0 Å². The molecule has 0 bridgehead atoms. The molecule has 1 aromatic rings. The van der Waals surface area contributed by atoms with Crippen molar-refractivity contribution in [3.63, 3.8) is 0 Å². The van der Waals surface area contributed by atoms with Gasteiger partial charge in [0, 0.05) is 28.8 Å². The standard InChI is InChI=1S/C12H9NO/c1-7-6-10-11(13-7)8-4-2-3-5-9(8)12(10)14/h2-5H,6H2,1H3. The Morgan fingerprint density at radius 3 is 2.71 bits per heavy atom. The highest BCUT2D eigenvalue weighted by molar-refractivity contribution is 6.25. The van der Waals surface area contributed by atoms with Crippen molar-refractivity contribution in [3.8, 4) is 0 Å². The summed E-state index contributed by atoms with van der Waals surface area (Å²) in [5.41, 5.74) is 4.64. The van der Waals surface area contributed by atoms with E-state index in [0.29, 0.717) is 0 Å². The van der Waals surface area contributed by atoms with E-state index in [4.69, 9.17) is 0 Å². The van der Waals surface area contributed by atoms with E-state index in [9.17, 15) is 4.79 Å². The Labute approximate surface area is 82.0 Å². The molecular formula is C12H9NO. The first-order valence-electron chi connectivity index (χ1n) is 4.69. The molecule has 2 heteroatoms. The molecule has 1 aliphatic carbocycles. The normalized spacial score (nSPS) is 18.4. The topological polar surface area (TPSA) is 29.4 Å². The van der Waals surface area contributed by atoms with E-state index in [0.717, 1.165) is 34.5 Å². The van der Waals surface area contributed by atoms with Gasteiger partial charge in [-0.3, -0.25) is 9.79 Å². The van der Waals surface area contributed by atoms with Gasteiger partial charge in [0.05, 0.1) is 5.70 Å². The summed E-state index contributed by atoms with van der Waals surface area (Å²) in [6.07, 6.45) is 0.725. The predicted molar refractivity (Wildman–Crippen MR) is 55.4 cm³/mol. The maximum atomic E-state index is 11.9. The molecule has 2 aliphatic rings. The number of nitrogens with zero attached hydrogens (tertiary/aromatic N) is 1. The number of rotatable bonds is 0. The first-order valence-corrected chi connectivity index (χ1v) is 4.69. The van der Waals surface area contributed by atoms with Gasteiger partial charge in [-0.05, 0) is 6.92 Å². The number of benzene rings is 1. The maximum Gasteiger partial charge on any atom is 0.192 e. The van der Waals surface area contributed by atoms with Gasteiger partial charge in [0.15, 0.2) is 5.78 Å². The lowest BCUT2D eigenvalue weighted by atomic mass is 10.1. The van der Waals surface area contributed by atoms with Crippen LogP contribution in [0.25, 0.3) is 5.70 Å². The zero-order valence-corrected chi connectivity index (χ0v) is 7.87. The minimum Gasteiger partial charge on any atom is -0.289 e. The molecule has 0 saturated carbocycles. The molecule has 0 N–H and O–H groups in total. The third-order valence-electron chi connectivity index (χ3n) is 2.72. The molecule has 1 heterocycles. The summed E-state index contributed by atoms with van der Waals surface area (Å²) >= 11 is 0. The van der Waals surface area contributed by atoms with Crippen LogP contribution < -0.4 is 0 Å². The zero-order valence-electron chi connectivity index (χ0n) is 7.87. The average Bonchev–Trinajstić information content (AvgIpc) is 2.68. The maximum absolute atomic E-state index is 11.9. The average molecular weight is 183 g/mol. The summed E-state index contributed by atoms with van der Waals surface area (Å²) in [6, 6.07) is 7.69. The zero-order chi connectivity index (χ0) is 9.71. The van der Waals surface area contributed by atoms with Gasteiger partial charge in [-0.15, -0.1) is 0 Å². The summed E-state index contributed by atoms with van der Waals surface area (Å²) in [6.45, 7) is 1.97. The third kappa shape index (κ3) is 0.803. The molecule has 0 radical (unpaired) electrons. The van der Waals surface area contributed by atoms with Crippen LogP contribution in [0.4, 0.5) is 0 Å². The Balaban J connectivity index is 2.28. The van der Waals surface area contributed by atoms with Crippen LogP contribution in [-0.4, -0.2) is 11.5 Å². The van der Waals surface area contributed by atoms with Crippen molar-refractivity contribution in [2.24, 2.45) is 4.99 Å². The number of allylic oxidation sites excluding steroid dienone is 1. The van der Waals surface area contributed by atoms with Gasteiger partial charge in [0.1, 0.15) is 0 Å². The SMILES string of the molecule is CC1=NC2=C(C1)C(=O)c1ccccc12. The molecule has 0 aromatic heterocycles. The molecule has 3 rings (SSSR count). The lowest BCUT2D eigenvalue weighted by Crippen LogP contribution is -2.00. The fraction of sp³-hybridized carbons (Fsp3) is 0.167. The number of carbonyl (C=O) groups excluding carboxylic acids is 1. The number of fused-ring (bicyclic) bond motifs is 2. The Kier molecular flexibility index (Phi) is 1.32. The van der Waals surface area contributed by atoms with Crippen LogP contribution in [0, 0.1) is 0 Å². The fourth-order valence-corrected chi connectivity index (χ4v) is 2.10. The summed E-state index contributed by atoms with van der Waals surface area (Å²) < 4.78 is 0. The van der Waals surface area contributed by atoms with Crippen LogP contribution in [0.5, 0.6) is 0 Å². The van der Waals surface area contributed by atoms with Crippen molar-refractivity contribution < 1.29 is 4.79 Å². The van der Waals surface area contributed by atoms with E-state index in [1.807, 2.05) is 31.2 Å². The number of Topliss-reactive ketones (excluding diaryl/α,β-unsaturated/α-hetero) is 1. The predicted octanol–water partition coefficient (Wildman–Crippen LogP) is 2.46. The Hall–Kier alpha value is -1.70. The second-order valence-corrected chi connectivity index (χ2v) is 3.73. The van der Waals surface area contributed by atoms with E-state index in [-0.39, 0.29) is 5.78 Å². The molecule has 0 spiro atoms.